The van der Waals surface area contributed by atoms with Gasteiger partial charge in [0.2, 0.25) is 5.69 Å². The SMILES string of the molecule is COc1ccc(-c2cc(-c3ccc(F)cc3F)c3c(N)c(C(=O)c4c([O-])on[n+]4-c4ccccc4)sc3n2)cc1. The molecule has 0 atom stereocenters. The molecule has 6 aromatic rings. The number of aromatic nitrogens is 3. The average molecular weight is 557 g/mol. The lowest BCUT2D eigenvalue weighted by Crippen LogP contribution is -2.39. The Balaban J connectivity index is 1.58. The number of carbonyl (C=O) groups is 1. The molecule has 0 unspecified atom stereocenters. The van der Waals surface area contributed by atoms with Crippen molar-refractivity contribution in [2.75, 3.05) is 12.8 Å². The summed E-state index contributed by atoms with van der Waals surface area (Å²) < 4.78 is 40.0. The van der Waals surface area contributed by atoms with Gasteiger partial charge in [0.15, 0.2) is 5.95 Å². The van der Waals surface area contributed by atoms with Gasteiger partial charge in [0.1, 0.15) is 27.1 Å². The molecule has 0 spiro atoms. The Hall–Kier alpha value is -5.16. The number of halogens is 2. The first-order valence-electron chi connectivity index (χ1n) is 11.9. The molecule has 8 nitrogen and oxygen atoms in total. The zero-order valence-corrected chi connectivity index (χ0v) is 21.5. The average Bonchev–Trinajstić information content (AvgIpc) is 3.52. The van der Waals surface area contributed by atoms with Crippen LogP contribution in [0.5, 0.6) is 11.7 Å². The number of methoxy groups -OCH3 is 1. The number of ether oxygens (including phenoxy) is 1. The van der Waals surface area contributed by atoms with Gasteiger partial charge in [-0.3, -0.25) is 4.79 Å². The third-order valence-corrected chi connectivity index (χ3v) is 7.44. The molecule has 6 rings (SSSR count). The fourth-order valence-corrected chi connectivity index (χ4v) is 5.47. The zero-order chi connectivity index (χ0) is 28.0. The number of nitrogen functional groups attached to an aromatic ring is 1. The van der Waals surface area contributed by atoms with Gasteiger partial charge in [-0.25, -0.2) is 13.8 Å². The number of carbonyl (C=O) groups excluding carboxylic acids is 1. The predicted octanol–water partition coefficient (Wildman–Crippen LogP) is 5.07. The van der Waals surface area contributed by atoms with Crippen molar-refractivity contribution >= 4 is 33.0 Å². The van der Waals surface area contributed by atoms with Crippen LogP contribution in [0.25, 0.3) is 38.3 Å². The van der Waals surface area contributed by atoms with E-state index in [0.29, 0.717) is 38.5 Å². The summed E-state index contributed by atoms with van der Waals surface area (Å²) in [6.45, 7) is 0. The van der Waals surface area contributed by atoms with Crippen molar-refractivity contribution in [3.8, 4) is 39.8 Å². The molecule has 0 amide bonds. The van der Waals surface area contributed by atoms with Crippen LogP contribution in [0, 0.1) is 11.6 Å². The first kappa shape index (κ1) is 25.1. The maximum Gasteiger partial charge on any atom is 0.312 e. The molecule has 3 heterocycles. The van der Waals surface area contributed by atoms with Gasteiger partial charge in [0.25, 0.3) is 5.78 Å². The molecule has 0 saturated heterocycles. The second kappa shape index (κ2) is 9.86. The fraction of sp³-hybridized carbons (Fsp3) is 0.0345. The molecular weight excluding hydrogens is 538 g/mol. The first-order valence-corrected chi connectivity index (χ1v) is 12.7. The largest absolute Gasteiger partial charge is 0.539 e. The van der Waals surface area contributed by atoms with Crippen molar-refractivity contribution in [2.24, 2.45) is 0 Å². The second-order valence-electron chi connectivity index (χ2n) is 8.72. The van der Waals surface area contributed by atoms with Crippen LogP contribution in [0.4, 0.5) is 14.5 Å². The second-order valence-corrected chi connectivity index (χ2v) is 9.72. The monoisotopic (exact) mass is 556 g/mol. The summed E-state index contributed by atoms with van der Waals surface area (Å²) in [6, 6.07) is 20.4. The van der Waals surface area contributed by atoms with E-state index in [1.54, 1.807) is 67.8 Å². The minimum Gasteiger partial charge on any atom is -0.539 e. The Morgan fingerprint density at radius 1 is 1.02 bits per heavy atom. The lowest BCUT2D eigenvalue weighted by molar-refractivity contribution is -0.672. The lowest BCUT2D eigenvalue weighted by Gasteiger charge is -2.10. The zero-order valence-electron chi connectivity index (χ0n) is 20.7. The Kier molecular flexibility index (Phi) is 6.20. The highest BCUT2D eigenvalue weighted by atomic mass is 32.1. The molecule has 3 aromatic heterocycles. The number of hydrogen-bond donors (Lipinski definition) is 1. The summed E-state index contributed by atoms with van der Waals surface area (Å²) in [5.74, 6) is -2.59. The fourth-order valence-electron chi connectivity index (χ4n) is 4.41. The Bertz CT molecular complexity index is 1900. The molecule has 0 saturated carbocycles. The number of fused-ring (bicyclic) bond motifs is 1. The summed E-state index contributed by atoms with van der Waals surface area (Å²) >= 11 is 0.949. The van der Waals surface area contributed by atoms with Crippen LogP contribution in [-0.4, -0.2) is 23.1 Å². The topological polar surface area (TPSA) is 118 Å². The summed E-state index contributed by atoms with van der Waals surface area (Å²) in [5, 5.41) is 16.6. The summed E-state index contributed by atoms with van der Waals surface area (Å²) in [6.07, 6.45) is 0. The summed E-state index contributed by atoms with van der Waals surface area (Å²) in [7, 11) is 1.55. The Morgan fingerprint density at radius 2 is 1.77 bits per heavy atom. The molecule has 3 aromatic carbocycles. The van der Waals surface area contributed by atoms with Gasteiger partial charge < -0.3 is 20.1 Å². The number of nitrogens with zero attached hydrogens (tertiary/aromatic N) is 3. The van der Waals surface area contributed by atoms with Crippen LogP contribution in [0.15, 0.2) is 83.4 Å². The summed E-state index contributed by atoms with van der Waals surface area (Å²) in [5.41, 5.74) is 8.12. The van der Waals surface area contributed by atoms with Crippen molar-refractivity contribution in [1.82, 2.24) is 10.3 Å². The van der Waals surface area contributed by atoms with E-state index < -0.39 is 23.4 Å². The van der Waals surface area contributed by atoms with E-state index in [-0.39, 0.29) is 21.8 Å². The molecule has 11 heteroatoms. The molecule has 0 bridgehead atoms. The number of ketones is 1. The molecular formula is C29H18F2N4O4S. The number of pyridine rings is 1. The van der Waals surface area contributed by atoms with Gasteiger partial charge in [-0.15, -0.1) is 11.3 Å². The van der Waals surface area contributed by atoms with Crippen LogP contribution in [0.2, 0.25) is 0 Å². The minimum absolute atomic E-state index is 0.00211. The van der Waals surface area contributed by atoms with E-state index in [9.17, 15) is 14.3 Å². The molecule has 2 N–H and O–H groups in total. The number of benzene rings is 3. The molecule has 198 valence electrons. The van der Waals surface area contributed by atoms with Crippen molar-refractivity contribution in [3.63, 3.8) is 0 Å². The number of nitrogens with two attached hydrogens (primary N) is 1. The minimum atomic E-state index is -0.942. The highest BCUT2D eigenvalue weighted by molar-refractivity contribution is 7.21. The quantitative estimate of drug-likeness (QED) is 0.225. The van der Waals surface area contributed by atoms with Gasteiger partial charge in [-0.2, -0.15) is 0 Å². The van der Waals surface area contributed by atoms with Crippen LogP contribution in [0.3, 0.4) is 0 Å². The van der Waals surface area contributed by atoms with E-state index in [0.717, 1.165) is 28.2 Å². The van der Waals surface area contributed by atoms with E-state index in [1.165, 1.54) is 6.07 Å². The van der Waals surface area contributed by atoms with Gasteiger partial charge in [0, 0.05) is 34.7 Å². The van der Waals surface area contributed by atoms with Crippen LogP contribution in [0.1, 0.15) is 15.4 Å². The Morgan fingerprint density at radius 3 is 2.48 bits per heavy atom. The Labute approximate surface area is 229 Å². The maximum absolute atomic E-state index is 15.1. The van der Waals surface area contributed by atoms with Crippen molar-refractivity contribution in [2.45, 2.75) is 0 Å². The predicted molar refractivity (Wildman–Crippen MR) is 142 cm³/mol. The van der Waals surface area contributed by atoms with Crippen molar-refractivity contribution < 1.29 is 32.6 Å². The van der Waals surface area contributed by atoms with E-state index in [2.05, 4.69) is 5.27 Å². The third kappa shape index (κ3) is 4.22. The van der Waals surface area contributed by atoms with Crippen LogP contribution >= 0.6 is 11.3 Å². The van der Waals surface area contributed by atoms with Crippen molar-refractivity contribution in [3.05, 3.63) is 101 Å². The van der Waals surface area contributed by atoms with E-state index >= 15 is 4.39 Å². The standard InChI is InChI=1S/C29H18F2N4O4S/c1-38-18-10-7-15(8-11-18)22-14-20(19-12-9-16(30)13-21(19)31)23-24(32)27(40-28(23)33-22)26(36)25-29(37)39-34-35(25)17-5-3-2-4-6-17/h2-14H,1H3,(H2-,32,34,36,37). The third-order valence-electron chi connectivity index (χ3n) is 6.34. The van der Waals surface area contributed by atoms with Gasteiger partial charge >= 0.3 is 5.69 Å². The van der Waals surface area contributed by atoms with Crippen LogP contribution in [-0.2, 0) is 0 Å². The van der Waals surface area contributed by atoms with Gasteiger partial charge in [-0.05, 0) is 52.7 Å². The van der Waals surface area contributed by atoms with E-state index in [1.807, 2.05) is 0 Å². The molecule has 0 fully saturated rings. The van der Waals surface area contributed by atoms with Crippen molar-refractivity contribution in [1.29, 1.82) is 0 Å². The molecule has 0 aliphatic heterocycles. The molecule has 0 aliphatic carbocycles. The molecule has 0 radical (unpaired) electrons. The number of para-hydroxylation sites is 1. The number of anilines is 1. The smallest absolute Gasteiger partial charge is 0.312 e. The highest BCUT2D eigenvalue weighted by Gasteiger charge is 2.33. The van der Waals surface area contributed by atoms with Crippen LogP contribution < -0.4 is 20.3 Å². The van der Waals surface area contributed by atoms with Gasteiger partial charge in [-0.1, -0.05) is 18.2 Å². The highest BCUT2D eigenvalue weighted by Crippen LogP contribution is 2.43. The summed E-state index contributed by atoms with van der Waals surface area (Å²) in [4.78, 5) is 18.8. The number of rotatable bonds is 6. The van der Waals surface area contributed by atoms with E-state index in [4.69, 9.17) is 20.0 Å². The van der Waals surface area contributed by atoms with Gasteiger partial charge in [0.05, 0.1) is 23.8 Å². The number of thiophene rings is 1. The number of hydrogen-bond acceptors (Lipinski definition) is 8. The normalized spacial score (nSPS) is 11.2. The maximum atomic E-state index is 15.1. The lowest BCUT2D eigenvalue weighted by atomic mass is 9.98. The first-order chi connectivity index (χ1) is 19.4. The molecule has 40 heavy (non-hydrogen) atoms. The molecule has 0 aliphatic rings.